The highest BCUT2D eigenvalue weighted by atomic mass is 35.5. The Kier molecular flexibility index (Phi) is 10.4. The number of benzene rings is 1. The van der Waals surface area contributed by atoms with E-state index in [1.165, 1.54) is 4.90 Å². The van der Waals surface area contributed by atoms with E-state index in [2.05, 4.69) is 25.3 Å². The van der Waals surface area contributed by atoms with Crippen LogP contribution in [0.1, 0.15) is 32.6 Å². The molecule has 3 atom stereocenters. The number of nitrogens with two attached hydrogens (primary N) is 1. The van der Waals surface area contributed by atoms with Crippen molar-refractivity contribution in [3.05, 3.63) is 34.6 Å². The van der Waals surface area contributed by atoms with Crippen LogP contribution in [-0.2, 0) is 24.4 Å². The molecule has 0 aliphatic carbocycles. The highest BCUT2D eigenvalue weighted by molar-refractivity contribution is 7.89. The summed E-state index contributed by atoms with van der Waals surface area (Å²) in [6.07, 6.45) is 4.55. The zero-order valence-corrected chi connectivity index (χ0v) is 23.4. The Bertz CT molecular complexity index is 1270. The van der Waals surface area contributed by atoms with E-state index in [4.69, 9.17) is 34.0 Å². The molecule has 1 aliphatic rings. The number of imidazole rings is 1. The summed E-state index contributed by atoms with van der Waals surface area (Å²) in [6, 6.07) is 0.0759. The third-order valence-corrected chi connectivity index (χ3v) is 8.36. The number of nitrogens with zero attached hydrogens (tertiary/aromatic N) is 2. The highest BCUT2D eigenvalue weighted by Gasteiger charge is 2.39. The fourth-order valence-corrected chi connectivity index (χ4v) is 6.11. The number of nitrogen functional groups attached to an aromatic ring is 1. The molecule has 1 fully saturated rings. The second-order valence-electron chi connectivity index (χ2n) is 9.27. The number of amides is 2. The number of carboxylic acid groups (broad SMARTS) is 1. The van der Waals surface area contributed by atoms with Crippen molar-refractivity contribution in [2.24, 2.45) is 5.92 Å². The quantitative estimate of drug-likeness (QED) is 0.154. The number of aromatic amines is 1. The van der Waals surface area contributed by atoms with Crippen LogP contribution < -0.4 is 21.1 Å². The van der Waals surface area contributed by atoms with Crippen LogP contribution >= 0.6 is 23.2 Å². The lowest BCUT2D eigenvalue weighted by molar-refractivity contribution is -0.145. The minimum atomic E-state index is -4.29. The molecule has 214 valence electrons. The van der Waals surface area contributed by atoms with Crippen LogP contribution in [0.4, 0.5) is 11.6 Å². The summed E-state index contributed by atoms with van der Waals surface area (Å²) in [5, 5.41) is 14.2. The Morgan fingerprint density at radius 2 is 1.97 bits per heavy atom. The SMILES string of the molecule is C[C@@H]1CCN(C(=O)[C@H](CCCNc2ncc[nH]2)NS(=O)(=O)c2cc(Cl)c(N)c(Cl)c2)[C@@H](C(=O)NCC(=O)O)C1. The van der Waals surface area contributed by atoms with E-state index in [-0.39, 0.29) is 39.5 Å². The molecule has 2 amide bonds. The van der Waals surface area contributed by atoms with Gasteiger partial charge in [-0.3, -0.25) is 14.4 Å². The fraction of sp³-hybridized carbons (Fsp3) is 0.478. The van der Waals surface area contributed by atoms with Crippen LogP contribution in [0, 0.1) is 5.92 Å². The van der Waals surface area contributed by atoms with Crippen molar-refractivity contribution >= 4 is 62.6 Å². The van der Waals surface area contributed by atoms with Crippen LogP contribution in [0.25, 0.3) is 0 Å². The Morgan fingerprint density at radius 1 is 1.28 bits per heavy atom. The summed E-state index contributed by atoms with van der Waals surface area (Å²) >= 11 is 12.1. The molecule has 13 nitrogen and oxygen atoms in total. The van der Waals surface area contributed by atoms with E-state index >= 15 is 0 Å². The van der Waals surface area contributed by atoms with Crippen molar-refractivity contribution in [3.63, 3.8) is 0 Å². The fourth-order valence-electron chi connectivity index (χ4n) is 4.21. The molecule has 16 heteroatoms. The van der Waals surface area contributed by atoms with E-state index in [1.54, 1.807) is 12.4 Å². The summed E-state index contributed by atoms with van der Waals surface area (Å²) < 4.78 is 29.0. The number of piperidine rings is 1. The zero-order chi connectivity index (χ0) is 28.7. The average molecular weight is 605 g/mol. The van der Waals surface area contributed by atoms with Gasteiger partial charge in [-0.1, -0.05) is 30.1 Å². The van der Waals surface area contributed by atoms with Gasteiger partial charge in [0.15, 0.2) is 5.95 Å². The van der Waals surface area contributed by atoms with Gasteiger partial charge < -0.3 is 31.4 Å². The second-order valence-corrected chi connectivity index (χ2v) is 11.8. The summed E-state index contributed by atoms with van der Waals surface area (Å²) in [4.78, 5) is 45.5. The number of H-pyrrole nitrogens is 1. The molecule has 1 aliphatic heterocycles. The Hall–Kier alpha value is -3.07. The second kappa shape index (κ2) is 13.3. The summed E-state index contributed by atoms with van der Waals surface area (Å²) in [6.45, 7) is 1.90. The van der Waals surface area contributed by atoms with Gasteiger partial charge in [-0.25, -0.2) is 13.4 Å². The largest absolute Gasteiger partial charge is 0.480 e. The molecular weight excluding hydrogens is 573 g/mol. The number of carboxylic acids is 1. The predicted octanol–water partition coefficient (Wildman–Crippen LogP) is 1.67. The van der Waals surface area contributed by atoms with Gasteiger partial charge in [0.25, 0.3) is 0 Å². The van der Waals surface area contributed by atoms with E-state index in [0.717, 1.165) is 12.1 Å². The Labute approximate surface area is 235 Å². The topological polar surface area (TPSA) is 200 Å². The van der Waals surface area contributed by atoms with Gasteiger partial charge in [0, 0.05) is 25.5 Å². The number of aromatic nitrogens is 2. The maximum Gasteiger partial charge on any atom is 0.322 e. The molecule has 39 heavy (non-hydrogen) atoms. The normalized spacial score (nSPS) is 18.4. The number of likely N-dealkylation sites (tertiary alicyclic amines) is 1. The van der Waals surface area contributed by atoms with Crippen molar-refractivity contribution in [2.75, 3.05) is 30.7 Å². The molecule has 2 heterocycles. The van der Waals surface area contributed by atoms with Gasteiger partial charge in [-0.05, 0) is 43.7 Å². The third kappa shape index (κ3) is 8.21. The molecule has 3 rings (SSSR count). The molecule has 7 N–H and O–H groups in total. The average Bonchev–Trinajstić information content (AvgIpc) is 3.40. The van der Waals surface area contributed by atoms with E-state index in [0.29, 0.717) is 31.8 Å². The molecule has 1 aromatic carbocycles. The van der Waals surface area contributed by atoms with Crippen LogP contribution in [0.15, 0.2) is 29.4 Å². The first-order chi connectivity index (χ1) is 18.4. The van der Waals surface area contributed by atoms with E-state index < -0.39 is 46.4 Å². The summed E-state index contributed by atoms with van der Waals surface area (Å²) in [5.74, 6) is -1.83. The molecule has 0 spiro atoms. The third-order valence-electron chi connectivity index (χ3n) is 6.28. The van der Waals surface area contributed by atoms with Gasteiger partial charge in [-0.2, -0.15) is 4.72 Å². The Morgan fingerprint density at radius 3 is 2.59 bits per heavy atom. The van der Waals surface area contributed by atoms with Gasteiger partial charge in [-0.15, -0.1) is 0 Å². The van der Waals surface area contributed by atoms with Crippen molar-refractivity contribution < 1.29 is 27.9 Å². The number of rotatable bonds is 12. The lowest BCUT2D eigenvalue weighted by atomic mass is 9.91. The molecule has 0 unspecified atom stereocenters. The van der Waals surface area contributed by atoms with Crippen LogP contribution in [0.2, 0.25) is 10.0 Å². The number of hydrogen-bond donors (Lipinski definition) is 6. The van der Waals surface area contributed by atoms with Crippen LogP contribution in [0.3, 0.4) is 0 Å². The molecular formula is C23H31Cl2N7O6S. The van der Waals surface area contributed by atoms with Crippen molar-refractivity contribution in [1.29, 1.82) is 0 Å². The molecule has 0 radical (unpaired) electrons. The lowest BCUT2D eigenvalue weighted by Gasteiger charge is -2.39. The van der Waals surface area contributed by atoms with Crippen molar-refractivity contribution in [2.45, 2.75) is 49.6 Å². The Balaban J connectivity index is 1.84. The van der Waals surface area contributed by atoms with Gasteiger partial charge in [0.1, 0.15) is 18.6 Å². The number of anilines is 2. The minimum absolute atomic E-state index is 0.0200. The minimum Gasteiger partial charge on any atom is -0.480 e. The van der Waals surface area contributed by atoms with Gasteiger partial charge in [0.05, 0.1) is 20.6 Å². The zero-order valence-electron chi connectivity index (χ0n) is 21.1. The van der Waals surface area contributed by atoms with Crippen LogP contribution in [0.5, 0.6) is 0 Å². The first kappa shape index (κ1) is 30.5. The van der Waals surface area contributed by atoms with E-state index in [9.17, 15) is 22.8 Å². The van der Waals surface area contributed by atoms with Gasteiger partial charge >= 0.3 is 5.97 Å². The maximum atomic E-state index is 13.8. The molecule has 1 aromatic heterocycles. The first-order valence-corrected chi connectivity index (χ1v) is 14.4. The standard InChI is InChI=1S/C23H31Cl2N7O6S/c1-13-4-8-32(18(9-13)21(35)30-12-19(33)34)22(36)17(3-2-5-27-23-28-6-7-29-23)31-39(37,38)14-10-15(24)20(26)16(25)11-14/h6-7,10-11,13,17-18,31H,2-5,8-9,12,26H2,1H3,(H,30,35)(H,33,34)(H2,27,28,29)/t13-,17+,18-/m1/s1. The van der Waals surface area contributed by atoms with Crippen molar-refractivity contribution in [1.82, 2.24) is 24.9 Å². The molecule has 0 bridgehead atoms. The number of sulfonamides is 1. The van der Waals surface area contributed by atoms with Crippen LogP contribution in [-0.4, -0.2) is 77.9 Å². The molecule has 2 aromatic rings. The molecule has 1 saturated heterocycles. The summed E-state index contributed by atoms with van der Waals surface area (Å²) in [5.41, 5.74) is 5.75. The van der Waals surface area contributed by atoms with Crippen molar-refractivity contribution in [3.8, 4) is 0 Å². The number of nitrogens with one attached hydrogen (secondary N) is 4. The number of hydrogen-bond acceptors (Lipinski definition) is 8. The molecule has 0 saturated carbocycles. The van der Waals surface area contributed by atoms with Gasteiger partial charge in [0.2, 0.25) is 21.8 Å². The lowest BCUT2D eigenvalue weighted by Crippen LogP contribution is -2.58. The number of halogens is 2. The smallest absolute Gasteiger partial charge is 0.322 e. The highest BCUT2D eigenvalue weighted by Crippen LogP contribution is 2.31. The predicted molar refractivity (Wildman–Crippen MR) is 146 cm³/mol. The van der Waals surface area contributed by atoms with E-state index in [1.807, 2.05) is 6.92 Å². The monoisotopic (exact) mass is 603 g/mol. The summed E-state index contributed by atoms with van der Waals surface area (Å²) in [7, 11) is -4.29. The maximum absolute atomic E-state index is 13.8. The number of aliphatic carboxylic acids is 1. The first-order valence-electron chi connectivity index (χ1n) is 12.2. The number of carbonyl (C=O) groups is 3. The number of carbonyl (C=O) groups excluding carboxylic acids is 2.